The first-order valence-corrected chi connectivity index (χ1v) is 16.0. The standard InChI is InChI=1S/C27H28FN5O4S3/c1-3-32-24(31-11-9-30(10-12-31)22-7-5-4-6-21(22)28)19(17(2)20(15-29)25(32)34)14-23-26(35)33(27(38)39-23)18-8-13-40(36,37)16-18/h4-7,14,18H,3,8-13,16H2,1-2H3. The lowest BCUT2D eigenvalue weighted by Crippen LogP contribution is -2.49. The number of anilines is 2. The molecule has 3 aliphatic heterocycles. The highest BCUT2D eigenvalue weighted by molar-refractivity contribution is 8.26. The Hall–Kier alpha value is -3.21. The van der Waals surface area contributed by atoms with Crippen molar-refractivity contribution in [3.05, 3.63) is 62.0 Å². The molecule has 1 atom stereocenters. The lowest BCUT2D eigenvalue weighted by atomic mass is 10.0. The first-order chi connectivity index (χ1) is 19.1. The van der Waals surface area contributed by atoms with Crippen LogP contribution in [0, 0.1) is 24.1 Å². The topological polar surface area (TPSA) is 107 Å². The fraction of sp³-hybridized carbons (Fsp3) is 0.407. The molecule has 0 radical (unpaired) electrons. The Labute approximate surface area is 241 Å². The van der Waals surface area contributed by atoms with Gasteiger partial charge in [-0.15, -0.1) is 0 Å². The summed E-state index contributed by atoms with van der Waals surface area (Å²) < 4.78 is 40.4. The van der Waals surface area contributed by atoms with Crippen molar-refractivity contribution in [2.45, 2.75) is 32.9 Å². The number of halogens is 1. The van der Waals surface area contributed by atoms with E-state index in [1.807, 2.05) is 22.8 Å². The maximum absolute atomic E-state index is 14.4. The Balaban J connectivity index is 1.54. The molecule has 0 saturated carbocycles. The van der Waals surface area contributed by atoms with Crippen molar-refractivity contribution in [2.75, 3.05) is 47.5 Å². The number of pyridine rings is 1. The van der Waals surface area contributed by atoms with Crippen LogP contribution in [0.5, 0.6) is 0 Å². The minimum Gasteiger partial charge on any atom is -0.366 e. The van der Waals surface area contributed by atoms with Gasteiger partial charge in [0, 0.05) is 38.3 Å². The third kappa shape index (κ3) is 5.04. The highest BCUT2D eigenvalue weighted by Crippen LogP contribution is 2.38. The van der Waals surface area contributed by atoms with E-state index in [0.717, 1.165) is 11.8 Å². The van der Waals surface area contributed by atoms with Crippen molar-refractivity contribution in [3.8, 4) is 6.07 Å². The summed E-state index contributed by atoms with van der Waals surface area (Å²) in [7, 11) is -3.22. The normalized spacial score (nSPS) is 21.9. The van der Waals surface area contributed by atoms with Crippen LogP contribution in [0.4, 0.5) is 15.9 Å². The van der Waals surface area contributed by atoms with Crippen molar-refractivity contribution in [2.24, 2.45) is 0 Å². The predicted octanol–water partition coefficient (Wildman–Crippen LogP) is 2.90. The average Bonchev–Trinajstić information content (AvgIpc) is 3.42. The number of para-hydroxylation sites is 1. The Morgan fingerprint density at radius 2 is 1.85 bits per heavy atom. The Morgan fingerprint density at radius 1 is 1.18 bits per heavy atom. The number of carbonyl (C=O) groups is 1. The number of piperazine rings is 1. The minimum atomic E-state index is -3.22. The highest BCUT2D eigenvalue weighted by Gasteiger charge is 2.42. The molecular weight excluding hydrogens is 574 g/mol. The number of benzene rings is 1. The van der Waals surface area contributed by atoms with Crippen LogP contribution in [0.2, 0.25) is 0 Å². The first-order valence-electron chi connectivity index (χ1n) is 13.0. The van der Waals surface area contributed by atoms with Crippen molar-refractivity contribution >= 4 is 61.6 Å². The summed E-state index contributed by atoms with van der Waals surface area (Å²) in [6.45, 7) is 5.81. The number of thioether (sulfide) groups is 1. The van der Waals surface area contributed by atoms with Crippen LogP contribution < -0.4 is 15.4 Å². The van der Waals surface area contributed by atoms with Gasteiger partial charge in [0.1, 0.15) is 27.6 Å². The van der Waals surface area contributed by atoms with E-state index in [1.165, 1.54) is 11.0 Å². The molecule has 40 heavy (non-hydrogen) atoms. The third-order valence-electron chi connectivity index (χ3n) is 7.61. The SMILES string of the molecule is CCn1c(N2CCN(c3ccccc3F)CC2)c(C=C2SC(=S)N(C3CCS(=O)(=O)C3)C2=O)c(C)c(C#N)c1=O. The molecule has 0 bridgehead atoms. The zero-order valence-corrected chi connectivity index (χ0v) is 24.5. The van der Waals surface area contributed by atoms with Crippen LogP contribution >= 0.6 is 24.0 Å². The summed E-state index contributed by atoms with van der Waals surface area (Å²) in [5, 5.41) is 9.82. The molecule has 1 unspecified atom stereocenters. The van der Waals surface area contributed by atoms with E-state index in [-0.39, 0.29) is 28.8 Å². The van der Waals surface area contributed by atoms with E-state index < -0.39 is 21.4 Å². The molecule has 4 heterocycles. The number of aromatic nitrogens is 1. The largest absolute Gasteiger partial charge is 0.366 e. The number of carbonyl (C=O) groups excluding carboxylic acids is 1. The minimum absolute atomic E-state index is 0.000734. The number of thiocarbonyl (C=S) groups is 1. The number of nitriles is 1. The molecule has 0 aliphatic carbocycles. The zero-order chi connectivity index (χ0) is 28.8. The second kappa shape index (κ2) is 11.0. The smallest absolute Gasteiger partial charge is 0.270 e. The zero-order valence-electron chi connectivity index (χ0n) is 22.1. The van der Waals surface area contributed by atoms with Crippen LogP contribution in [-0.2, 0) is 21.2 Å². The van der Waals surface area contributed by atoms with Crippen molar-refractivity contribution < 1.29 is 17.6 Å². The van der Waals surface area contributed by atoms with E-state index >= 15 is 0 Å². The molecule has 0 N–H and O–H groups in total. The van der Waals surface area contributed by atoms with Gasteiger partial charge < -0.3 is 9.80 Å². The first kappa shape index (κ1) is 28.3. The monoisotopic (exact) mass is 601 g/mol. The molecule has 3 saturated heterocycles. The molecule has 1 aromatic carbocycles. The van der Waals surface area contributed by atoms with Gasteiger partial charge in [0.2, 0.25) is 0 Å². The van der Waals surface area contributed by atoms with Gasteiger partial charge in [0.25, 0.3) is 11.5 Å². The molecule has 1 aromatic heterocycles. The molecule has 1 amide bonds. The molecule has 0 spiro atoms. The fourth-order valence-corrected chi connectivity index (χ4v) is 8.63. The summed E-state index contributed by atoms with van der Waals surface area (Å²) in [4.78, 5) is 32.5. The van der Waals surface area contributed by atoms with Gasteiger partial charge in [-0.25, -0.2) is 12.8 Å². The Kier molecular flexibility index (Phi) is 7.78. The van der Waals surface area contributed by atoms with Gasteiger partial charge in [-0.2, -0.15) is 5.26 Å². The van der Waals surface area contributed by atoms with Gasteiger partial charge in [-0.1, -0.05) is 36.1 Å². The molecule has 210 valence electrons. The average molecular weight is 602 g/mol. The van der Waals surface area contributed by atoms with Crippen LogP contribution in [0.3, 0.4) is 0 Å². The number of nitrogens with zero attached hydrogens (tertiary/aromatic N) is 5. The molecule has 9 nitrogen and oxygen atoms in total. The van der Waals surface area contributed by atoms with Gasteiger partial charge in [0.05, 0.1) is 28.1 Å². The maximum atomic E-state index is 14.4. The highest BCUT2D eigenvalue weighted by atomic mass is 32.2. The van der Waals surface area contributed by atoms with Gasteiger partial charge in [-0.05, 0) is 44.0 Å². The van der Waals surface area contributed by atoms with Crippen molar-refractivity contribution in [1.82, 2.24) is 9.47 Å². The van der Waals surface area contributed by atoms with E-state index in [2.05, 4.69) is 0 Å². The summed E-state index contributed by atoms with van der Waals surface area (Å²) >= 11 is 6.57. The number of hydrogen-bond acceptors (Lipinski definition) is 9. The number of rotatable bonds is 5. The van der Waals surface area contributed by atoms with E-state index in [9.17, 15) is 27.7 Å². The molecular formula is C27H28FN5O4S3. The number of amides is 1. The lowest BCUT2D eigenvalue weighted by molar-refractivity contribution is -0.123. The van der Waals surface area contributed by atoms with Gasteiger partial charge in [-0.3, -0.25) is 19.1 Å². The predicted molar refractivity (Wildman–Crippen MR) is 159 cm³/mol. The van der Waals surface area contributed by atoms with Crippen LogP contribution in [0.1, 0.15) is 30.0 Å². The molecule has 2 aromatic rings. The molecule has 13 heteroatoms. The van der Waals surface area contributed by atoms with E-state index in [4.69, 9.17) is 12.2 Å². The van der Waals surface area contributed by atoms with Crippen molar-refractivity contribution in [1.29, 1.82) is 5.26 Å². The molecule has 3 fully saturated rings. The lowest BCUT2D eigenvalue weighted by Gasteiger charge is -2.39. The molecule has 5 rings (SSSR count). The number of sulfone groups is 1. The van der Waals surface area contributed by atoms with Crippen LogP contribution in [-0.4, -0.2) is 71.8 Å². The van der Waals surface area contributed by atoms with Gasteiger partial charge in [0.15, 0.2) is 9.84 Å². The maximum Gasteiger partial charge on any atom is 0.270 e. The van der Waals surface area contributed by atoms with E-state index in [1.54, 1.807) is 35.8 Å². The van der Waals surface area contributed by atoms with Crippen LogP contribution in [0.25, 0.3) is 6.08 Å². The second-order valence-electron chi connectivity index (χ2n) is 9.93. The third-order valence-corrected chi connectivity index (χ3v) is 10.7. The summed E-state index contributed by atoms with van der Waals surface area (Å²) in [5.74, 6) is -0.190. The fourth-order valence-electron chi connectivity index (χ4n) is 5.55. The summed E-state index contributed by atoms with van der Waals surface area (Å²) in [6.07, 6.45) is 2.00. The van der Waals surface area contributed by atoms with Crippen LogP contribution in [0.15, 0.2) is 34.0 Å². The Morgan fingerprint density at radius 3 is 2.45 bits per heavy atom. The van der Waals surface area contributed by atoms with Gasteiger partial charge >= 0.3 is 0 Å². The quantitative estimate of drug-likeness (QED) is 0.378. The van der Waals surface area contributed by atoms with E-state index in [0.29, 0.717) is 71.0 Å². The summed E-state index contributed by atoms with van der Waals surface area (Å²) in [5.41, 5.74) is 1.13. The molecule has 3 aliphatic rings. The van der Waals surface area contributed by atoms with Crippen molar-refractivity contribution in [3.63, 3.8) is 0 Å². The number of hydrogen-bond donors (Lipinski definition) is 0. The Bertz CT molecular complexity index is 1640. The second-order valence-corrected chi connectivity index (χ2v) is 13.8. The summed E-state index contributed by atoms with van der Waals surface area (Å²) in [6, 6.07) is 8.12.